The molecule has 2 aromatic carbocycles. The molecule has 0 bridgehead atoms. The van der Waals surface area contributed by atoms with Gasteiger partial charge in [0.15, 0.2) is 0 Å². The molecule has 1 aliphatic rings. The Hall–Kier alpha value is -2.09. The van der Waals surface area contributed by atoms with E-state index in [1.165, 1.54) is 16.7 Å². The summed E-state index contributed by atoms with van der Waals surface area (Å²) in [4.78, 5) is 11.5. The molecule has 1 saturated heterocycles. The topological polar surface area (TPSA) is 29.1 Å². The molecule has 0 aliphatic carbocycles. The molecule has 2 nitrogen and oxygen atoms in total. The third kappa shape index (κ3) is 3.97. The molecule has 3 rings (SSSR count). The highest BCUT2D eigenvalue weighted by Gasteiger charge is 2.27. The molecule has 1 N–H and O–H groups in total. The van der Waals surface area contributed by atoms with Crippen molar-refractivity contribution in [2.24, 2.45) is 5.92 Å². The Labute approximate surface area is 133 Å². The van der Waals surface area contributed by atoms with Crippen LogP contribution in [-0.2, 0) is 11.2 Å². The van der Waals surface area contributed by atoms with Gasteiger partial charge < -0.3 is 5.32 Å². The third-order valence-electron chi connectivity index (χ3n) is 3.98. The van der Waals surface area contributed by atoms with Gasteiger partial charge in [-0.3, -0.25) is 4.79 Å². The van der Waals surface area contributed by atoms with Crippen molar-refractivity contribution in [2.45, 2.75) is 39.7 Å². The van der Waals surface area contributed by atoms with Gasteiger partial charge in [-0.25, -0.2) is 0 Å². The first-order valence-corrected chi connectivity index (χ1v) is 8.17. The van der Waals surface area contributed by atoms with E-state index in [2.05, 4.69) is 53.8 Å². The van der Waals surface area contributed by atoms with Crippen LogP contribution in [0.1, 0.15) is 32.8 Å². The van der Waals surface area contributed by atoms with Gasteiger partial charge in [-0.2, -0.15) is 0 Å². The van der Waals surface area contributed by atoms with Crippen molar-refractivity contribution < 1.29 is 4.79 Å². The quantitative estimate of drug-likeness (QED) is 0.890. The van der Waals surface area contributed by atoms with Crippen LogP contribution in [0.3, 0.4) is 0 Å². The molecule has 116 valence electrons. The maximum atomic E-state index is 11.5. The van der Waals surface area contributed by atoms with Gasteiger partial charge in [0, 0.05) is 12.0 Å². The fraction of sp³-hybridized carbons (Fsp3) is 0.350. The first-order valence-electron chi connectivity index (χ1n) is 8.17. The lowest BCUT2D eigenvalue weighted by Crippen LogP contribution is -2.27. The molecule has 0 radical (unpaired) electrons. The Bertz CT molecular complexity index is 589. The molecule has 2 heteroatoms. The molecule has 22 heavy (non-hydrogen) atoms. The number of nitrogens with one attached hydrogen (secondary N) is 1. The predicted octanol–water partition coefficient (Wildman–Crippen LogP) is 4.45. The highest BCUT2D eigenvalue weighted by atomic mass is 16.2. The van der Waals surface area contributed by atoms with Crippen LogP contribution < -0.4 is 5.32 Å². The summed E-state index contributed by atoms with van der Waals surface area (Å²) in [6.07, 6.45) is 1.87. The largest absolute Gasteiger partial charge is 0.353 e. The molecular weight excluding hydrogens is 270 g/mol. The minimum absolute atomic E-state index is 0.156. The van der Waals surface area contributed by atoms with Gasteiger partial charge in [0.2, 0.25) is 5.91 Å². The second-order valence-electron chi connectivity index (χ2n) is 5.61. The molecule has 1 aliphatic heterocycles. The summed E-state index contributed by atoms with van der Waals surface area (Å²) >= 11 is 0. The second-order valence-corrected chi connectivity index (χ2v) is 5.61. The Kier molecular flexibility index (Phi) is 5.76. The summed E-state index contributed by atoms with van der Waals surface area (Å²) in [5.41, 5.74) is 3.75. The summed E-state index contributed by atoms with van der Waals surface area (Å²) in [5, 5.41) is 3.06. The molecule has 0 unspecified atom stereocenters. The van der Waals surface area contributed by atoms with Crippen molar-refractivity contribution in [2.75, 3.05) is 0 Å². The number of hydrogen-bond donors (Lipinski definition) is 1. The number of carbonyl (C=O) groups excluding carboxylic acids is 1. The molecular formula is C20H25NO. The number of hydrogen-bond acceptors (Lipinski definition) is 1. The zero-order valence-electron chi connectivity index (χ0n) is 13.7. The predicted molar refractivity (Wildman–Crippen MR) is 92.6 cm³/mol. The molecule has 2 atom stereocenters. The van der Waals surface area contributed by atoms with Crippen LogP contribution in [0.2, 0.25) is 0 Å². The lowest BCUT2D eigenvalue weighted by atomic mass is 9.98. The number of amides is 1. The maximum absolute atomic E-state index is 11.5. The van der Waals surface area contributed by atoms with Crippen LogP contribution in [0.15, 0.2) is 54.6 Å². The van der Waals surface area contributed by atoms with Crippen molar-refractivity contribution >= 4 is 5.91 Å². The normalized spacial score (nSPS) is 20.0. The summed E-state index contributed by atoms with van der Waals surface area (Å²) in [7, 11) is 0. The zero-order valence-corrected chi connectivity index (χ0v) is 13.7. The van der Waals surface area contributed by atoms with Gasteiger partial charge >= 0.3 is 0 Å². The lowest BCUT2D eigenvalue weighted by Gasteiger charge is -2.10. The first-order chi connectivity index (χ1) is 10.7. The van der Waals surface area contributed by atoms with Crippen LogP contribution in [0.5, 0.6) is 0 Å². The van der Waals surface area contributed by atoms with Gasteiger partial charge in [0.05, 0.1) is 0 Å². The van der Waals surface area contributed by atoms with Crippen molar-refractivity contribution in [3.63, 3.8) is 0 Å². The average molecular weight is 295 g/mol. The van der Waals surface area contributed by atoms with Gasteiger partial charge in [0.1, 0.15) is 0 Å². The molecule has 2 aromatic rings. The molecule has 1 fully saturated rings. The van der Waals surface area contributed by atoms with Crippen molar-refractivity contribution in [1.82, 2.24) is 5.32 Å². The van der Waals surface area contributed by atoms with E-state index >= 15 is 0 Å². The molecule has 0 saturated carbocycles. The van der Waals surface area contributed by atoms with E-state index < -0.39 is 0 Å². The molecule has 1 heterocycles. The second kappa shape index (κ2) is 7.79. The fourth-order valence-electron chi connectivity index (χ4n) is 2.82. The smallest absolute Gasteiger partial charge is 0.223 e. The third-order valence-corrected chi connectivity index (χ3v) is 3.98. The Morgan fingerprint density at radius 2 is 1.55 bits per heavy atom. The number of rotatable bonds is 3. The lowest BCUT2D eigenvalue weighted by molar-refractivity contribution is -0.122. The maximum Gasteiger partial charge on any atom is 0.223 e. The highest BCUT2D eigenvalue weighted by Crippen LogP contribution is 2.22. The number of carbonyl (C=O) groups is 1. The highest BCUT2D eigenvalue weighted by molar-refractivity contribution is 5.80. The van der Waals surface area contributed by atoms with Gasteiger partial charge in [-0.15, -0.1) is 0 Å². The molecule has 0 spiro atoms. The number of benzene rings is 2. The Balaban J connectivity index is 0.000000847. The van der Waals surface area contributed by atoms with E-state index in [0.29, 0.717) is 6.04 Å². The summed E-state index contributed by atoms with van der Waals surface area (Å²) in [6.45, 7) is 5.99. The fourth-order valence-corrected chi connectivity index (χ4v) is 2.82. The Morgan fingerprint density at radius 1 is 0.955 bits per heavy atom. The summed E-state index contributed by atoms with van der Waals surface area (Å²) < 4.78 is 0. The van der Waals surface area contributed by atoms with E-state index in [1.807, 2.05) is 26.8 Å². The van der Waals surface area contributed by atoms with E-state index in [-0.39, 0.29) is 11.8 Å². The first kappa shape index (κ1) is 16.3. The Morgan fingerprint density at radius 3 is 2.09 bits per heavy atom. The van der Waals surface area contributed by atoms with Crippen LogP contribution >= 0.6 is 0 Å². The SMILES string of the molecule is CC.C[C@@H]1C[C@@H](Cc2ccc(-c3ccccc3)cc2)NC1=O. The zero-order chi connectivity index (χ0) is 15.9. The van der Waals surface area contributed by atoms with Crippen molar-refractivity contribution in [3.8, 4) is 11.1 Å². The van der Waals surface area contributed by atoms with Crippen LogP contribution in [-0.4, -0.2) is 11.9 Å². The standard InChI is InChI=1S/C18H19NO.C2H6/c1-13-11-17(19-18(13)20)12-14-7-9-16(10-8-14)15-5-3-2-4-6-15;1-2/h2-10,13,17H,11-12H2,1H3,(H,19,20);1-2H3/t13-,17+;/m1./s1. The monoisotopic (exact) mass is 295 g/mol. The van der Waals surface area contributed by atoms with E-state index in [0.717, 1.165) is 12.8 Å². The van der Waals surface area contributed by atoms with Crippen LogP contribution in [0.25, 0.3) is 11.1 Å². The summed E-state index contributed by atoms with van der Waals surface area (Å²) in [6, 6.07) is 19.3. The van der Waals surface area contributed by atoms with E-state index in [9.17, 15) is 4.79 Å². The van der Waals surface area contributed by atoms with Gasteiger partial charge in [0.25, 0.3) is 0 Å². The molecule has 0 aromatic heterocycles. The summed E-state index contributed by atoms with van der Waals surface area (Å²) in [5.74, 6) is 0.347. The minimum Gasteiger partial charge on any atom is -0.353 e. The minimum atomic E-state index is 0.156. The molecule has 1 amide bonds. The van der Waals surface area contributed by atoms with Gasteiger partial charge in [-0.05, 0) is 29.5 Å². The van der Waals surface area contributed by atoms with Crippen LogP contribution in [0.4, 0.5) is 0 Å². The average Bonchev–Trinajstić information content (AvgIpc) is 2.89. The van der Waals surface area contributed by atoms with Crippen molar-refractivity contribution in [3.05, 3.63) is 60.2 Å². The van der Waals surface area contributed by atoms with Gasteiger partial charge in [-0.1, -0.05) is 75.4 Å². The van der Waals surface area contributed by atoms with E-state index in [1.54, 1.807) is 0 Å². The van der Waals surface area contributed by atoms with Crippen LogP contribution in [0, 0.1) is 5.92 Å². The van der Waals surface area contributed by atoms with Crippen molar-refractivity contribution in [1.29, 1.82) is 0 Å². The van der Waals surface area contributed by atoms with E-state index in [4.69, 9.17) is 0 Å².